The molecule has 26 heavy (non-hydrogen) atoms. The van der Waals surface area contributed by atoms with Crippen molar-refractivity contribution in [2.75, 3.05) is 26.2 Å². The van der Waals surface area contributed by atoms with Crippen LogP contribution in [0.1, 0.15) is 21.5 Å². The lowest BCUT2D eigenvalue weighted by molar-refractivity contribution is 0.0698. The molecule has 3 rings (SSSR count). The molecule has 1 aromatic heterocycles. The van der Waals surface area contributed by atoms with E-state index in [4.69, 9.17) is 23.2 Å². The van der Waals surface area contributed by atoms with Crippen molar-refractivity contribution in [1.29, 1.82) is 0 Å². The van der Waals surface area contributed by atoms with Gasteiger partial charge in [-0.3, -0.25) is 4.79 Å². The molecule has 0 spiro atoms. The van der Waals surface area contributed by atoms with Crippen molar-refractivity contribution in [2.24, 2.45) is 0 Å². The fourth-order valence-corrected chi connectivity index (χ4v) is 6.09. The zero-order chi connectivity index (χ0) is 19.1. The Labute approximate surface area is 167 Å². The Hall–Kier alpha value is -1.12. The minimum Gasteiger partial charge on any atom is -0.336 e. The summed E-state index contributed by atoms with van der Waals surface area (Å²) in [6, 6.07) is 6.84. The van der Waals surface area contributed by atoms with Gasteiger partial charge >= 0.3 is 0 Å². The lowest BCUT2D eigenvalue weighted by Crippen LogP contribution is -2.50. The van der Waals surface area contributed by atoms with Crippen LogP contribution in [0.4, 0.5) is 0 Å². The Morgan fingerprint density at radius 3 is 2.27 bits per heavy atom. The monoisotopic (exact) mass is 432 g/mol. The summed E-state index contributed by atoms with van der Waals surface area (Å²) < 4.78 is 28.1. The predicted molar refractivity (Wildman–Crippen MR) is 105 cm³/mol. The molecular weight excluding hydrogens is 415 g/mol. The van der Waals surface area contributed by atoms with Gasteiger partial charge < -0.3 is 4.90 Å². The minimum absolute atomic E-state index is 0.221. The molecule has 0 bridgehead atoms. The molecule has 0 N–H and O–H groups in total. The third-order valence-electron chi connectivity index (χ3n) is 4.36. The van der Waals surface area contributed by atoms with Gasteiger partial charge in [-0.2, -0.15) is 4.31 Å². The fraction of sp³-hybridized carbons (Fsp3) is 0.353. The summed E-state index contributed by atoms with van der Waals surface area (Å²) in [6.07, 6.45) is 0. The molecule has 0 atom stereocenters. The second kappa shape index (κ2) is 7.48. The average molecular weight is 433 g/mol. The molecule has 5 nitrogen and oxygen atoms in total. The number of nitrogens with zero attached hydrogens (tertiary/aromatic N) is 2. The number of amides is 1. The van der Waals surface area contributed by atoms with Crippen LogP contribution >= 0.6 is 34.5 Å². The first kappa shape index (κ1) is 19.6. The van der Waals surface area contributed by atoms with Gasteiger partial charge in [0.1, 0.15) is 4.34 Å². The first-order valence-corrected chi connectivity index (χ1v) is 11.0. The van der Waals surface area contributed by atoms with Crippen LogP contribution in [0.2, 0.25) is 8.67 Å². The van der Waals surface area contributed by atoms with Gasteiger partial charge in [-0.25, -0.2) is 8.42 Å². The summed E-state index contributed by atoms with van der Waals surface area (Å²) in [6.45, 7) is 4.84. The Kier molecular flexibility index (Phi) is 5.65. The van der Waals surface area contributed by atoms with Crippen molar-refractivity contribution in [3.63, 3.8) is 0 Å². The molecular formula is C17H18Cl2N2O3S2. The lowest BCUT2D eigenvalue weighted by atomic mass is 10.2. The van der Waals surface area contributed by atoms with Crippen molar-refractivity contribution in [2.45, 2.75) is 18.7 Å². The standard InChI is InChI=1S/C17H18Cl2N2O3S2/c1-11-3-4-14(12(2)9-11)26(23,24)21-7-5-20(6-8-21)17(22)13-10-15(18)25-16(13)19/h3-4,9-10H,5-8H2,1-2H3. The van der Waals surface area contributed by atoms with E-state index in [0.29, 0.717) is 32.2 Å². The molecule has 1 aliphatic rings. The lowest BCUT2D eigenvalue weighted by Gasteiger charge is -2.34. The fourth-order valence-electron chi connectivity index (χ4n) is 3.02. The zero-order valence-electron chi connectivity index (χ0n) is 14.3. The van der Waals surface area contributed by atoms with Gasteiger partial charge in [-0.15, -0.1) is 11.3 Å². The van der Waals surface area contributed by atoms with Gasteiger partial charge in [0.2, 0.25) is 10.0 Å². The number of carbonyl (C=O) groups is 1. The van der Waals surface area contributed by atoms with Gasteiger partial charge in [-0.05, 0) is 31.5 Å². The van der Waals surface area contributed by atoms with E-state index in [1.165, 1.54) is 4.31 Å². The number of hydrogen-bond donors (Lipinski definition) is 0. The minimum atomic E-state index is -3.58. The SMILES string of the molecule is Cc1ccc(S(=O)(=O)N2CCN(C(=O)c3cc(Cl)sc3Cl)CC2)c(C)c1. The molecule has 9 heteroatoms. The van der Waals surface area contributed by atoms with E-state index in [1.54, 1.807) is 30.0 Å². The maximum Gasteiger partial charge on any atom is 0.256 e. The average Bonchev–Trinajstić information content (AvgIpc) is 2.92. The van der Waals surface area contributed by atoms with E-state index < -0.39 is 10.0 Å². The van der Waals surface area contributed by atoms with Crippen molar-refractivity contribution in [3.05, 3.63) is 49.6 Å². The summed E-state index contributed by atoms with van der Waals surface area (Å²) in [4.78, 5) is 14.5. The van der Waals surface area contributed by atoms with Crippen LogP contribution in [-0.2, 0) is 10.0 Å². The van der Waals surface area contributed by atoms with E-state index in [9.17, 15) is 13.2 Å². The number of benzene rings is 1. The number of carbonyl (C=O) groups excluding carboxylic acids is 1. The van der Waals surface area contributed by atoms with E-state index in [-0.39, 0.29) is 19.0 Å². The molecule has 0 radical (unpaired) electrons. The number of sulfonamides is 1. The third kappa shape index (κ3) is 3.77. The molecule has 1 fully saturated rings. The highest BCUT2D eigenvalue weighted by Gasteiger charge is 2.32. The predicted octanol–water partition coefficient (Wildman–Crippen LogP) is 3.82. The van der Waals surface area contributed by atoms with Crippen molar-refractivity contribution >= 4 is 50.5 Å². The van der Waals surface area contributed by atoms with Crippen molar-refractivity contribution in [3.8, 4) is 0 Å². The Balaban J connectivity index is 1.73. The number of halogens is 2. The van der Waals surface area contributed by atoms with Gasteiger partial charge in [0.15, 0.2) is 0 Å². The molecule has 1 aromatic carbocycles. The highest BCUT2D eigenvalue weighted by Crippen LogP contribution is 2.32. The van der Waals surface area contributed by atoms with Crippen LogP contribution in [-0.4, -0.2) is 49.7 Å². The number of rotatable bonds is 3. The summed E-state index contributed by atoms with van der Waals surface area (Å²) in [5.41, 5.74) is 2.11. The number of hydrogen-bond acceptors (Lipinski definition) is 4. The van der Waals surface area contributed by atoms with E-state index in [0.717, 1.165) is 22.5 Å². The number of aryl methyl sites for hydroxylation is 2. The molecule has 0 unspecified atom stereocenters. The smallest absolute Gasteiger partial charge is 0.256 e. The highest BCUT2D eigenvalue weighted by molar-refractivity contribution is 7.89. The molecule has 1 saturated heterocycles. The van der Waals surface area contributed by atoms with Crippen molar-refractivity contribution in [1.82, 2.24) is 9.21 Å². The van der Waals surface area contributed by atoms with Crippen LogP contribution in [0.3, 0.4) is 0 Å². The van der Waals surface area contributed by atoms with Gasteiger partial charge in [0.25, 0.3) is 5.91 Å². The number of piperazine rings is 1. The molecule has 1 aliphatic heterocycles. The normalized spacial score (nSPS) is 16.1. The van der Waals surface area contributed by atoms with Crippen LogP contribution in [0, 0.1) is 13.8 Å². The number of thiophene rings is 1. The summed E-state index contributed by atoms with van der Waals surface area (Å²) in [5, 5.41) is 0. The summed E-state index contributed by atoms with van der Waals surface area (Å²) in [5.74, 6) is -0.221. The van der Waals surface area contributed by atoms with E-state index >= 15 is 0 Å². The van der Waals surface area contributed by atoms with Crippen LogP contribution in [0.5, 0.6) is 0 Å². The van der Waals surface area contributed by atoms with Gasteiger partial charge in [0.05, 0.1) is 14.8 Å². The molecule has 0 aliphatic carbocycles. The summed E-state index contributed by atoms with van der Waals surface area (Å²) >= 11 is 13.1. The molecule has 2 aromatic rings. The van der Waals surface area contributed by atoms with E-state index in [2.05, 4.69) is 0 Å². The maximum absolute atomic E-state index is 12.9. The topological polar surface area (TPSA) is 57.7 Å². The molecule has 1 amide bonds. The van der Waals surface area contributed by atoms with Gasteiger partial charge in [-0.1, -0.05) is 40.9 Å². The molecule has 0 saturated carbocycles. The molecule has 2 heterocycles. The quantitative estimate of drug-likeness (QED) is 0.740. The van der Waals surface area contributed by atoms with Crippen LogP contribution in [0.25, 0.3) is 0 Å². The Bertz CT molecular complexity index is 949. The van der Waals surface area contributed by atoms with Crippen LogP contribution < -0.4 is 0 Å². The third-order valence-corrected chi connectivity index (χ3v) is 7.91. The molecule has 140 valence electrons. The summed E-state index contributed by atoms with van der Waals surface area (Å²) in [7, 11) is -3.58. The first-order valence-electron chi connectivity index (χ1n) is 8.01. The first-order chi connectivity index (χ1) is 12.2. The van der Waals surface area contributed by atoms with Crippen molar-refractivity contribution < 1.29 is 13.2 Å². The largest absolute Gasteiger partial charge is 0.336 e. The Morgan fingerprint density at radius 1 is 1.08 bits per heavy atom. The van der Waals surface area contributed by atoms with Gasteiger partial charge in [0, 0.05) is 26.2 Å². The zero-order valence-corrected chi connectivity index (χ0v) is 17.5. The Morgan fingerprint density at radius 2 is 1.73 bits per heavy atom. The van der Waals surface area contributed by atoms with E-state index in [1.807, 2.05) is 13.0 Å². The second-order valence-corrected chi connectivity index (χ2v) is 10.4. The highest BCUT2D eigenvalue weighted by atomic mass is 35.5. The second-order valence-electron chi connectivity index (χ2n) is 6.20. The van der Waals surface area contributed by atoms with Crippen LogP contribution in [0.15, 0.2) is 29.2 Å². The maximum atomic E-state index is 12.9.